The van der Waals surface area contributed by atoms with Crippen molar-refractivity contribution < 1.29 is 13.3 Å². The molecule has 0 bridgehead atoms. The van der Waals surface area contributed by atoms with E-state index in [1.54, 1.807) is 21.3 Å². The van der Waals surface area contributed by atoms with Crippen LogP contribution in [0.1, 0.15) is 122 Å². The maximum absolute atomic E-state index is 5.51. The third kappa shape index (κ3) is 17.2. The predicted octanol–water partition coefficient (Wildman–Crippen LogP) is 7.84. The summed E-state index contributed by atoms with van der Waals surface area (Å²) in [5.74, 6) is 0. The van der Waals surface area contributed by atoms with Crippen molar-refractivity contribution in [3.05, 3.63) is 0 Å². The highest BCUT2D eigenvalue weighted by Gasteiger charge is 2.36. The molecule has 0 aliphatic heterocycles. The molecule has 31 heavy (non-hydrogen) atoms. The van der Waals surface area contributed by atoms with Gasteiger partial charge in [0.1, 0.15) is 0 Å². The molecule has 0 rings (SSSR count). The second-order valence-electron chi connectivity index (χ2n) is 9.54. The van der Waals surface area contributed by atoms with Crippen molar-refractivity contribution in [3.63, 3.8) is 0 Å². The van der Waals surface area contributed by atoms with Gasteiger partial charge in [-0.3, -0.25) is 0 Å². The van der Waals surface area contributed by atoms with E-state index in [1.807, 2.05) is 0 Å². The smallest absolute Gasteiger partial charge is 0.377 e. The molecule has 0 spiro atoms. The van der Waals surface area contributed by atoms with Gasteiger partial charge >= 0.3 is 8.80 Å². The van der Waals surface area contributed by atoms with Crippen LogP contribution in [0, 0.1) is 0 Å². The van der Waals surface area contributed by atoms with Gasteiger partial charge in [0.15, 0.2) is 0 Å². The fraction of sp³-hybridized carbons (Fsp3) is 1.00. The average Bonchev–Trinajstić information content (AvgIpc) is 2.78. The molecular weight excluding hydrogens is 402 g/mol. The lowest BCUT2D eigenvalue weighted by molar-refractivity contribution is 0.122. The van der Waals surface area contributed by atoms with Gasteiger partial charge in [-0.15, -0.1) is 0 Å². The molecule has 1 unspecified atom stereocenters. The summed E-state index contributed by atoms with van der Waals surface area (Å²) >= 11 is 0. The van der Waals surface area contributed by atoms with E-state index < -0.39 is 8.80 Å². The molecule has 0 aromatic rings. The Morgan fingerprint density at radius 1 is 0.548 bits per heavy atom. The van der Waals surface area contributed by atoms with Gasteiger partial charge in [-0.1, -0.05) is 103 Å². The van der Waals surface area contributed by atoms with Crippen LogP contribution in [0.2, 0.25) is 6.04 Å². The lowest BCUT2D eigenvalue weighted by Gasteiger charge is -2.25. The molecule has 0 heterocycles. The third-order valence-electron chi connectivity index (χ3n) is 6.82. The Hall–Kier alpha value is 0.0569. The Kier molecular flexibility index (Phi) is 21.9. The second-order valence-corrected chi connectivity index (χ2v) is 12.6. The summed E-state index contributed by atoms with van der Waals surface area (Å²) in [4.78, 5) is 2.44. The van der Waals surface area contributed by atoms with Gasteiger partial charge in [0.05, 0.1) is 0 Å². The zero-order valence-electron chi connectivity index (χ0n) is 22.2. The van der Waals surface area contributed by atoms with E-state index in [1.165, 1.54) is 109 Å². The minimum absolute atomic E-state index is 0.744. The summed E-state index contributed by atoms with van der Waals surface area (Å²) in [6.07, 6.45) is 24.8. The van der Waals surface area contributed by atoms with E-state index in [0.29, 0.717) is 0 Å². The van der Waals surface area contributed by atoms with E-state index in [2.05, 4.69) is 25.9 Å². The quantitative estimate of drug-likeness (QED) is 0.109. The van der Waals surface area contributed by atoms with Crippen molar-refractivity contribution in [2.45, 2.75) is 135 Å². The minimum atomic E-state index is -2.37. The summed E-state index contributed by atoms with van der Waals surface area (Å²) in [6, 6.07) is 1.67. The fourth-order valence-corrected chi connectivity index (χ4v) is 6.31. The van der Waals surface area contributed by atoms with E-state index in [4.69, 9.17) is 13.3 Å². The van der Waals surface area contributed by atoms with Crippen LogP contribution in [0.25, 0.3) is 0 Å². The standard InChI is InChI=1S/C26H57NO3Si/c1-7-8-9-10-11-12-13-14-15-16-17-20-23-26(27(2)3)24-21-18-19-22-25-31(28-4,29-5)30-6/h26H,7-25H2,1-6H3. The van der Waals surface area contributed by atoms with Crippen LogP contribution in [0.15, 0.2) is 0 Å². The van der Waals surface area contributed by atoms with Crippen molar-refractivity contribution >= 4 is 8.80 Å². The highest BCUT2D eigenvalue weighted by Crippen LogP contribution is 2.20. The van der Waals surface area contributed by atoms with E-state index in [-0.39, 0.29) is 0 Å². The van der Waals surface area contributed by atoms with E-state index in [0.717, 1.165) is 18.5 Å². The first-order chi connectivity index (χ1) is 15.0. The molecular formula is C26H57NO3Si. The molecule has 0 aromatic heterocycles. The van der Waals surface area contributed by atoms with Crippen molar-refractivity contribution in [1.29, 1.82) is 0 Å². The number of hydrogen-bond acceptors (Lipinski definition) is 4. The molecule has 0 aromatic carbocycles. The number of unbranched alkanes of at least 4 members (excludes halogenated alkanes) is 14. The van der Waals surface area contributed by atoms with Crippen molar-refractivity contribution in [2.24, 2.45) is 0 Å². The van der Waals surface area contributed by atoms with Crippen LogP contribution >= 0.6 is 0 Å². The third-order valence-corrected chi connectivity index (χ3v) is 9.66. The highest BCUT2D eigenvalue weighted by molar-refractivity contribution is 6.60. The Labute approximate surface area is 197 Å². The number of hydrogen-bond donors (Lipinski definition) is 0. The van der Waals surface area contributed by atoms with Gasteiger partial charge in [-0.05, 0) is 33.4 Å². The first-order valence-corrected chi connectivity index (χ1v) is 15.3. The monoisotopic (exact) mass is 459 g/mol. The summed E-state index contributed by atoms with van der Waals surface area (Å²) in [6.45, 7) is 2.29. The van der Waals surface area contributed by atoms with Gasteiger partial charge in [-0.2, -0.15) is 0 Å². The minimum Gasteiger partial charge on any atom is -0.377 e. The van der Waals surface area contributed by atoms with Gasteiger partial charge < -0.3 is 18.2 Å². The lowest BCUT2D eigenvalue weighted by atomic mass is 9.99. The molecule has 0 radical (unpaired) electrons. The summed E-state index contributed by atoms with van der Waals surface area (Å²) in [5, 5.41) is 0. The van der Waals surface area contributed by atoms with Crippen LogP contribution in [0.4, 0.5) is 0 Å². The lowest BCUT2D eigenvalue weighted by Crippen LogP contribution is -2.42. The van der Waals surface area contributed by atoms with Crippen LogP contribution in [-0.4, -0.2) is 55.2 Å². The van der Waals surface area contributed by atoms with E-state index in [9.17, 15) is 0 Å². The topological polar surface area (TPSA) is 30.9 Å². The van der Waals surface area contributed by atoms with Gasteiger partial charge in [-0.25, -0.2) is 0 Å². The molecule has 0 aliphatic rings. The number of nitrogens with zero attached hydrogens (tertiary/aromatic N) is 1. The highest BCUT2D eigenvalue weighted by atomic mass is 28.4. The maximum Gasteiger partial charge on any atom is 0.500 e. The molecule has 0 saturated heterocycles. The molecule has 1 atom stereocenters. The normalized spacial score (nSPS) is 13.3. The molecule has 0 aliphatic carbocycles. The Balaban J connectivity index is 3.65. The molecule has 0 fully saturated rings. The van der Waals surface area contributed by atoms with Crippen molar-refractivity contribution in [3.8, 4) is 0 Å². The zero-order chi connectivity index (χ0) is 23.2. The van der Waals surface area contributed by atoms with Gasteiger partial charge in [0.2, 0.25) is 0 Å². The zero-order valence-corrected chi connectivity index (χ0v) is 23.2. The predicted molar refractivity (Wildman–Crippen MR) is 138 cm³/mol. The molecule has 0 amide bonds. The summed E-state index contributed by atoms with van der Waals surface area (Å²) < 4.78 is 16.5. The van der Waals surface area contributed by atoms with Crippen LogP contribution in [0.5, 0.6) is 0 Å². The molecule has 0 N–H and O–H groups in total. The largest absolute Gasteiger partial charge is 0.500 e. The maximum atomic E-state index is 5.51. The number of rotatable bonds is 24. The summed E-state index contributed by atoms with van der Waals surface area (Å²) in [5.41, 5.74) is 0. The Morgan fingerprint density at radius 2 is 0.903 bits per heavy atom. The first kappa shape index (κ1) is 31.1. The Morgan fingerprint density at radius 3 is 1.26 bits per heavy atom. The SMILES string of the molecule is CCCCCCCCCCCCCCC(CCCCCC[Si](OC)(OC)OC)N(C)C. The van der Waals surface area contributed by atoms with Crippen LogP contribution in [-0.2, 0) is 13.3 Å². The van der Waals surface area contributed by atoms with Gasteiger partial charge in [0, 0.05) is 33.4 Å². The molecule has 188 valence electrons. The first-order valence-electron chi connectivity index (χ1n) is 13.4. The van der Waals surface area contributed by atoms with Crippen molar-refractivity contribution in [1.82, 2.24) is 4.90 Å². The molecule has 0 saturated carbocycles. The van der Waals surface area contributed by atoms with Crippen molar-refractivity contribution in [2.75, 3.05) is 35.4 Å². The molecule has 4 nitrogen and oxygen atoms in total. The van der Waals surface area contributed by atoms with Gasteiger partial charge in [0.25, 0.3) is 0 Å². The summed E-state index contributed by atoms with van der Waals surface area (Å²) in [7, 11) is 7.25. The van der Waals surface area contributed by atoms with E-state index >= 15 is 0 Å². The second kappa shape index (κ2) is 21.9. The molecule has 5 heteroatoms. The fourth-order valence-electron chi connectivity index (χ4n) is 4.51. The Bertz CT molecular complexity index is 356. The van der Waals surface area contributed by atoms with Crippen LogP contribution < -0.4 is 0 Å². The average molecular weight is 460 g/mol. The van der Waals surface area contributed by atoms with Crippen LogP contribution in [0.3, 0.4) is 0 Å².